The molecule has 1 nitrogen and oxygen atoms in total. The quantitative estimate of drug-likeness (QED) is 0.559. The summed E-state index contributed by atoms with van der Waals surface area (Å²) in [6.07, 6.45) is 3.31. The van der Waals surface area contributed by atoms with Crippen LogP contribution in [0.5, 0.6) is 0 Å². The Balaban J connectivity index is 2.12. The zero-order chi connectivity index (χ0) is 15.4. The third-order valence-corrected chi connectivity index (χ3v) is 3.47. The van der Waals surface area contributed by atoms with E-state index in [1.54, 1.807) is 19.1 Å². The maximum atomic E-state index is 13.2. The van der Waals surface area contributed by atoms with Gasteiger partial charge in [-0.1, -0.05) is 44.2 Å². The lowest BCUT2D eigenvalue weighted by atomic mass is 10.0. The van der Waals surface area contributed by atoms with Gasteiger partial charge in [0.1, 0.15) is 5.82 Å². The molecule has 0 aliphatic rings. The van der Waals surface area contributed by atoms with Crippen LogP contribution in [0.15, 0.2) is 48.5 Å². The van der Waals surface area contributed by atoms with Crippen molar-refractivity contribution < 1.29 is 9.18 Å². The average molecular weight is 282 g/mol. The third kappa shape index (κ3) is 3.88. The van der Waals surface area contributed by atoms with Crippen LogP contribution in [0.4, 0.5) is 4.39 Å². The molecule has 0 saturated heterocycles. The molecule has 0 heterocycles. The summed E-state index contributed by atoms with van der Waals surface area (Å²) in [5, 5.41) is 0. The number of benzene rings is 2. The molecular weight excluding hydrogens is 263 g/mol. The minimum atomic E-state index is -0.292. The summed E-state index contributed by atoms with van der Waals surface area (Å²) in [5.41, 5.74) is 3.23. The Hall–Kier alpha value is -2.22. The van der Waals surface area contributed by atoms with Gasteiger partial charge >= 0.3 is 0 Å². The van der Waals surface area contributed by atoms with E-state index in [0.717, 1.165) is 5.56 Å². The van der Waals surface area contributed by atoms with E-state index in [2.05, 4.69) is 26.0 Å². The van der Waals surface area contributed by atoms with Crippen molar-refractivity contribution in [3.05, 3.63) is 76.6 Å². The van der Waals surface area contributed by atoms with Crippen LogP contribution in [0.2, 0.25) is 0 Å². The number of rotatable bonds is 4. The fraction of sp³-hybridized carbons (Fsp3) is 0.211. The van der Waals surface area contributed by atoms with Crippen molar-refractivity contribution in [3.63, 3.8) is 0 Å². The Morgan fingerprint density at radius 1 is 1.10 bits per heavy atom. The predicted molar refractivity (Wildman–Crippen MR) is 85.0 cm³/mol. The standard InChI is InChI=1S/C19H19FO/c1-13(2)16-7-4-15(5-8-16)6-11-19(21)17-9-10-18(20)14(3)12-17/h4-13H,1-3H3/b11-6+. The lowest BCUT2D eigenvalue weighted by Gasteiger charge is -2.04. The van der Waals surface area contributed by atoms with E-state index in [1.807, 2.05) is 12.1 Å². The molecule has 0 amide bonds. The highest BCUT2D eigenvalue weighted by atomic mass is 19.1. The zero-order valence-corrected chi connectivity index (χ0v) is 12.6. The van der Waals surface area contributed by atoms with Gasteiger partial charge < -0.3 is 0 Å². The molecule has 0 N–H and O–H groups in total. The molecule has 0 bridgehead atoms. The van der Waals surface area contributed by atoms with E-state index >= 15 is 0 Å². The topological polar surface area (TPSA) is 17.1 Å². The van der Waals surface area contributed by atoms with Gasteiger partial charge in [-0.3, -0.25) is 4.79 Å². The number of ketones is 1. The van der Waals surface area contributed by atoms with Crippen molar-refractivity contribution in [1.82, 2.24) is 0 Å². The first-order valence-electron chi connectivity index (χ1n) is 7.06. The maximum Gasteiger partial charge on any atom is 0.185 e. The number of allylic oxidation sites excluding steroid dienone is 1. The van der Waals surface area contributed by atoms with Crippen LogP contribution in [0.25, 0.3) is 6.08 Å². The monoisotopic (exact) mass is 282 g/mol. The van der Waals surface area contributed by atoms with Crippen molar-refractivity contribution >= 4 is 11.9 Å². The Labute approximate surface area is 125 Å². The molecule has 0 saturated carbocycles. The molecule has 108 valence electrons. The Morgan fingerprint density at radius 3 is 2.33 bits per heavy atom. The van der Waals surface area contributed by atoms with E-state index in [4.69, 9.17) is 0 Å². The average Bonchev–Trinajstić information content (AvgIpc) is 2.48. The summed E-state index contributed by atoms with van der Waals surface area (Å²) in [6, 6.07) is 12.5. The molecule has 0 aliphatic carbocycles. The van der Waals surface area contributed by atoms with Gasteiger partial charge in [0.2, 0.25) is 0 Å². The summed E-state index contributed by atoms with van der Waals surface area (Å²) < 4.78 is 13.2. The fourth-order valence-electron chi connectivity index (χ4n) is 2.06. The van der Waals surface area contributed by atoms with Crippen molar-refractivity contribution in [3.8, 4) is 0 Å². The first-order chi connectivity index (χ1) is 9.97. The number of hydrogen-bond donors (Lipinski definition) is 0. The van der Waals surface area contributed by atoms with Crippen LogP contribution in [0, 0.1) is 12.7 Å². The fourth-order valence-corrected chi connectivity index (χ4v) is 2.06. The van der Waals surface area contributed by atoms with E-state index in [-0.39, 0.29) is 11.6 Å². The first-order valence-corrected chi connectivity index (χ1v) is 7.06. The Bertz CT molecular complexity index is 666. The van der Waals surface area contributed by atoms with Gasteiger partial charge in [-0.05, 0) is 53.8 Å². The van der Waals surface area contributed by atoms with Gasteiger partial charge in [0.15, 0.2) is 5.78 Å². The molecule has 0 unspecified atom stereocenters. The molecule has 0 spiro atoms. The van der Waals surface area contributed by atoms with Gasteiger partial charge in [-0.25, -0.2) is 4.39 Å². The van der Waals surface area contributed by atoms with Crippen LogP contribution in [-0.4, -0.2) is 5.78 Å². The van der Waals surface area contributed by atoms with Crippen molar-refractivity contribution in [2.75, 3.05) is 0 Å². The Morgan fingerprint density at radius 2 is 1.76 bits per heavy atom. The van der Waals surface area contributed by atoms with Gasteiger partial charge in [0.05, 0.1) is 0 Å². The summed E-state index contributed by atoms with van der Waals surface area (Å²) >= 11 is 0. The van der Waals surface area contributed by atoms with Crippen LogP contribution in [0.3, 0.4) is 0 Å². The molecular formula is C19H19FO. The molecule has 2 heteroatoms. The number of hydrogen-bond acceptors (Lipinski definition) is 1. The SMILES string of the molecule is Cc1cc(C(=O)/C=C/c2ccc(C(C)C)cc2)ccc1F. The van der Waals surface area contributed by atoms with E-state index in [1.165, 1.54) is 23.8 Å². The van der Waals surface area contributed by atoms with Crippen LogP contribution >= 0.6 is 0 Å². The molecule has 2 aromatic rings. The van der Waals surface area contributed by atoms with Crippen molar-refractivity contribution in [1.29, 1.82) is 0 Å². The van der Waals surface area contributed by atoms with Gasteiger partial charge in [0, 0.05) is 5.56 Å². The van der Waals surface area contributed by atoms with E-state index < -0.39 is 0 Å². The minimum absolute atomic E-state index is 0.119. The van der Waals surface area contributed by atoms with Gasteiger partial charge in [-0.2, -0.15) is 0 Å². The Kier molecular flexibility index (Phi) is 4.69. The third-order valence-electron chi connectivity index (χ3n) is 3.47. The van der Waals surface area contributed by atoms with E-state index in [0.29, 0.717) is 17.0 Å². The summed E-state index contributed by atoms with van der Waals surface area (Å²) in [4.78, 5) is 12.0. The number of aryl methyl sites for hydroxylation is 1. The molecule has 0 aliphatic heterocycles. The molecule has 0 radical (unpaired) electrons. The first kappa shape index (κ1) is 15.2. The number of halogens is 1. The number of carbonyl (C=O) groups excluding carboxylic acids is 1. The largest absolute Gasteiger partial charge is 0.289 e. The van der Waals surface area contributed by atoms with Crippen molar-refractivity contribution in [2.24, 2.45) is 0 Å². The molecule has 2 aromatic carbocycles. The summed E-state index contributed by atoms with van der Waals surface area (Å²) in [6.45, 7) is 5.94. The highest BCUT2D eigenvalue weighted by Crippen LogP contribution is 2.16. The summed E-state index contributed by atoms with van der Waals surface area (Å²) in [7, 11) is 0. The second-order valence-electron chi connectivity index (χ2n) is 5.48. The highest BCUT2D eigenvalue weighted by molar-refractivity contribution is 6.06. The van der Waals surface area contributed by atoms with Gasteiger partial charge in [-0.15, -0.1) is 0 Å². The molecule has 2 rings (SSSR count). The zero-order valence-electron chi connectivity index (χ0n) is 12.6. The molecule has 0 fully saturated rings. The number of carbonyl (C=O) groups is 1. The molecule has 0 aromatic heterocycles. The molecule has 0 atom stereocenters. The lowest BCUT2D eigenvalue weighted by Crippen LogP contribution is -1.96. The summed E-state index contributed by atoms with van der Waals surface area (Å²) in [5.74, 6) is 0.0812. The van der Waals surface area contributed by atoms with Crippen LogP contribution < -0.4 is 0 Å². The van der Waals surface area contributed by atoms with E-state index in [9.17, 15) is 9.18 Å². The maximum absolute atomic E-state index is 13.2. The van der Waals surface area contributed by atoms with Crippen LogP contribution in [-0.2, 0) is 0 Å². The minimum Gasteiger partial charge on any atom is -0.289 e. The highest BCUT2D eigenvalue weighted by Gasteiger charge is 2.04. The second-order valence-corrected chi connectivity index (χ2v) is 5.48. The van der Waals surface area contributed by atoms with Crippen molar-refractivity contribution in [2.45, 2.75) is 26.7 Å². The van der Waals surface area contributed by atoms with Crippen LogP contribution in [0.1, 0.15) is 46.8 Å². The predicted octanol–water partition coefficient (Wildman–Crippen LogP) is 5.15. The second kappa shape index (κ2) is 6.49. The normalized spacial score (nSPS) is 11.3. The smallest absolute Gasteiger partial charge is 0.185 e. The molecule has 21 heavy (non-hydrogen) atoms. The van der Waals surface area contributed by atoms with Gasteiger partial charge in [0.25, 0.3) is 0 Å². The lowest BCUT2D eigenvalue weighted by molar-refractivity contribution is 0.104.